The Morgan fingerprint density at radius 3 is 2.29 bits per heavy atom. The number of benzene rings is 1. The van der Waals surface area contributed by atoms with Crippen LogP contribution in [-0.2, 0) is 0 Å². The molecule has 1 aliphatic rings. The van der Waals surface area contributed by atoms with Crippen molar-refractivity contribution in [2.45, 2.75) is 31.7 Å². The van der Waals surface area contributed by atoms with Crippen molar-refractivity contribution in [1.29, 1.82) is 0 Å². The normalized spacial score (nSPS) is 19.8. The predicted molar refractivity (Wildman–Crippen MR) is 73.2 cm³/mol. The number of rotatable bonds is 4. The number of hydrogen-bond acceptors (Lipinski definition) is 2. The molecule has 1 N–H and O–H groups in total. The summed E-state index contributed by atoms with van der Waals surface area (Å²) in [6, 6.07) is 11.2. The van der Waals surface area contributed by atoms with Crippen molar-refractivity contribution in [3.05, 3.63) is 35.9 Å². The Hall–Kier alpha value is -0.860. The second-order valence-electron chi connectivity index (χ2n) is 4.97. The topological polar surface area (TPSA) is 15.3 Å². The highest BCUT2D eigenvalue weighted by Crippen LogP contribution is 2.16. The van der Waals surface area contributed by atoms with Gasteiger partial charge in [-0.2, -0.15) is 0 Å². The van der Waals surface area contributed by atoms with Crippen LogP contribution in [-0.4, -0.2) is 31.6 Å². The molecule has 1 unspecified atom stereocenters. The van der Waals surface area contributed by atoms with Gasteiger partial charge in [0.1, 0.15) is 0 Å². The van der Waals surface area contributed by atoms with Gasteiger partial charge < -0.3 is 10.2 Å². The Labute approximate surface area is 105 Å². The number of nitrogens with one attached hydrogen (secondary N) is 1. The maximum absolute atomic E-state index is 3.44. The summed E-state index contributed by atoms with van der Waals surface area (Å²) in [4.78, 5) is 2.61. The van der Waals surface area contributed by atoms with Crippen molar-refractivity contribution in [2.75, 3.05) is 26.7 Å². The molecule has 1 saturated heterocycles. The Morgan fingerprint density at radius 1 is 1.06 bits per heavy atom. The first kappa shape index (κ1) is 12.6. The quantitative estimate of drug-likeness (QED) is 0.858. The fraction of sp³-hybridized carbons (Fsp3) is 0.600. The third-order valence-electron chi connectivity index (χ3n) is 3.69. The highest BCUT2D eigenvalue weighted by Gasteiger charge is 2.15. The van der Waals surface area contributed by atoms with Crippen molar-refractivity contribution >= 4 is 0 Å². The van der Waals surface area contributed by atoms with Crippen LogP contribution in [0.2, 0.25) is 0 Å². The fourth-order valence-corrected chi connectivity index (χ4v) is 2.63. The third-order valence-corrected chi connectivity index (χ3v) is 3.69. The first-order valence-electron chi connectivity index (χ1n) is 6.84. The molecule has 0 radical (unpaired) electrons. The average Bonchev–Trinajstić information content (AvgIpc) is 2.65. The van der Waals surface area contributed by atoms with Crippen molar-refractivity contribution < 1.29 is 0 Å². The maximum atomic E-state index is 3.44. The number of likely N-dealkylation sites (tertiary alicyclic amines) is 1. The van der Waals surface area contributed by atoms with E-state index in [0.29, 0.717) is 6.04 Å². The van der Waals surface area contributed by atoms with E-state index in [4.69, 9.17) is 0 Å². The summed E-state index contributed by atoms with van der Waals surface area (Å²) in [5.41, 5.74) is 1.40. The van der Waals surface area contributed by atoms with Gasteiger partial charge in [0.15, 0.2) is 0 Å². The van der Waals surface area contributed by atoms with E-state index in [-0.39, 0.29) is 0 Å². The minimum atomic E-state index is 0.467. The summed E-state index contributed by atoms with van der Waals surface area (Å²) in [5, 5.41) is 3.44. The van der Waals surface area contributed by atoms with Crippen LogP contribution in [0.25, 0.3) is 0 Å². The van der Waals surface area contributed by atoms with E-state index in [1.54, 1.807) is 0 Å². The molecule has 2 heteroatoms. The Kier molecular flexibility index (Phi) is 5.02. The Bertz CT molecular complexity index is 302. The summed E-state index contributed by atoms with van der Waals surface area (Å²) >= 11 is 0. The lowest BCUT2D eigenvalue weighted by atomic mass is 10.1. The van der Waals surface area contributed by atoms with Gasteiger partial charge in [-0.3, -0.25) is 0 Å². The lowest BCUT2D eigenvalue weighted by Crippen LogP contribution is -2.34. The van der Waals surface area contributed by atoms with Gasteiger partial charge in [-0.1, -0.05) is 43.2 Å². The number of likely N-dealkylation sites (N-methyl/N-ethyl adjacent to an activating group) is 1. The third kappa shape index (κ3) is 3.83. The minimum absolute atomic E-state index is 0.467. The summed E-state index contributed by atoms with van der Waals surface area (Å²) in [6.45, 7) is 3.68. The Morgan fingerprint density at radius 2 is 1.71 bits per heavy atom. The SMILES string of the molecule is CNC(CN1CCCCCC1)c1ccccc1. The molecule has 1 heterocycles. The van der Waals surface area contributed by atoms with Crippen molar-refractivity contribution in [3.8, 4) is 0 Å². The Balaban J connectivity index is 1.94. The van der Waals surface area contributed by atoms with E-state index < -0.39 is 0 Å². The van der Waals surface area contributed by atoms with Gasteiger partial charge in [-0.25, -0.2) is 0 Å². The van der Waals surface area contributed by atoms with Crippen LogP contribution in [0.3, 0.4) is 0 Å². The van der Waals surface area contributed by atoms with Crippen molar-refractivity contribution in [1.82, 2.24) is 10.2 Å². The van der Waals surface area contributed by atoms with E-state index in [0.717, 1.165) is 6.54 Å². The summed E-state index contributed by atoms with van der Waals surface area (Å²) in [6.07, 6.45) is 5.55. The first-order valence-corrected chi connectivity index (χ1v) is 6.84. The molecule has 0 spiro atoms. The molecular weight excluding hydrogens is 208 g/mol. The van der Waals surface area contributed by atoms with Crippen LogP contribution in [0.1, 0.15) is 37.3 Å². The molecule has 1 aliphatic heterocycles. The van der Waals surface area contributed by atoms with E-state index in [1.165, 1.54) is 44.3 Å². The van der Waals surface area contributed by atoms with Gasteiger partial charge >= 0.3 is 0 Å². The van der Waals surface area contributed by atoms with Gasteiger partial charge in [-0.15, -0.1) is 0 Å². The summed E-state index contributed by atoms with van der Waals surface area (Å²) in [7, 11) is 2.06. The average molecular weight is 232 g/mol. The second kappa shape index (κ2) is 6.77. The van der Waals surface area contributed by atoms with E-state index >= 15 is 0 Å². The molecule has 1 fully saturated rings. The van der Waals surface area contributed by atoms with Crippen molar-refractivity contribution in [3.63, 3.8) is 0 Å². The largest absolute Gasteiger partial charge is 0.312 e. The standard InChI is InChI=1S/C15H24N2/c1-16-15(14-9-5-4-6-10-14)13-17-11-7-2-3-8-12-17/h4-6,9-10,15-16H,2-3,7-8,11-13H2,1H3. The minimum Gasteiger partial charge on any atom is -0.312 e. The molecular formula is C15H24N2. The zero-order valence-electron chi connectivity index (χ0n) is 10.9. The molecule has 2 nitrogen and oxygen atoms in total. The smallest absolute Gasteiger partial charge is 0.0446 e. The van der Waals surface area contributed by atoms with E-state index in [1.807, 2.05) is 0 Å². The van der Waals surface area contributed by atoms with Gasteiger partial charge in [0.05, 0.1) is 0 Å². The van der Waals surface area contributed by atoms with Crippen LogP contribution in [0.5, 0.6) is 0 Å². The molecule has 1 aromatic carbocycles. The molecule has 0 saturated carbocycles. The predicted octanol–water partition coefficient (Wildman–Crippen LogP) is 2.82. The fourth-order valence-electron chi connectivity index (χ4n) is 2.63. The monoisotopic (exact) mass is 232 g/mol. The van der Waals surface area contributed by atoms with E-state index in [9.17, 15) is 0 Å². The molecule has 0 amide bonds. The highest BCUT2D eigenvalue weighted by molar-refractivity contribution is 5.19. The van der Waals surface area contributed by atoms with Crippen LogP contribution in [0.4, 0.5) is 0 Å². The summed E-state index contributed by atoms with van der Waals surface area (Å²) in [5.74, 6) is 0. The highest BCUT2D eigenvalue weighted by atomic mass is 15.1. The number of hydrogen-bond donors (Lipinski definition) is 1. The van der Waals surface area contributed by atoms with Crippen LogP contribution >= 0.6 is 0 Å². The lowest BCUT2D eigenvalue weighted by molar-refractivity contribution is 0.255. The maximum Gasteiger partial charge on any atom is 0.0446 e. The molecule has 1 atom stereocenters. The molecule has 0 aliphatic carbocycles. The molecule has 0 bridgehead atoms. The molecule has 94 valence electrons. The van der Waals surface area contributed by atoms with Gasteiger partial charge in [0.2, 0.25) is 0 Å². The van der Waals surface area contributed by atoms with E-state index in [2.05, 4.69) is 47.6 Å². The molecule has 1 aromatic rings. The molecule has 0 aromatic heterocycles. The van der Waals surface area contributed by atoms with Crippen molar-refractivity contribution in [2.24, 2.45) is 0 Å². The number of nitrogens with zero attached hydrogens (tertiary/aromatic N) is 1. The van der Waals surface area contributed by atoms with Crippen LogP contribution < -0.4 is 5.32 Å². The second-order valence-corrected chi connectivity index (χ2v) is 4.97. The zero-order chi connectivity index (χ0) is 11.9. The summed E-state index contributed by atoms with van der Waals surface area (Å²) < 4.78 is 0. The van der Waals surface area contributed by atoms with Crippen LogP contribution in [0, 0.1) is 0 Å². The van der Waals surface area contributed by atoms with Gasteiger partial charge in [-0.05, 0) is 38.5 Å². The van der Waals surface area contributed by atoms with Crippen LogP contribution in [0.15, 0.2) is 30.3 Å². The zero-order valence-corrected chi connectivity index (χ0v) is 10.9. The molecule has 2 rings (SSSR count). The lowest BCUT2D eigenvalue weighted by Gasteiger charge is -2.26. The molecule has 17 heavy (non-hydrogen) atoms. The first-order chi connectivity index (χ1) is 8.40. The van der Waals surface area contributed by atoms with Gasteiger partial charge in [0.25, 0.3) is 0 Å². The van der Waals surface area contributed by atoms with Gasteiger partial charge in [0, 0.05) is 12.6 Å².